The number of rotatable bonds is 4. The highest BCUT2D eigenvalue weighted by Crippen LogP contribution is 2.28. The third-order valence-corrected chi connectivity index (χ3v) is 6.06. The Kier molecular flexibility index (Phi) is 6.37. The molecule has 2 unspecified atom stereocenters. The molecule has 2 aliphatic heterocycles. The first-order chi connectivity index (χ1) is 14.9. The Labute approximate surface area is 182 Å². The lowest BCUT2D eigenvalue weighted by Crippen LogP contribution is -2.56. The van der Waals surface area contributed by atoms with Gasteiger partial charge < -0.3 is 14.5 Å². The third kappa shape index (κ3) is 4.79. The fraction of sp³-hybridized carbons (Fsp3) is 0.440. The zero-order chi connectivity index (χ0) is 22.0. The van der Waals surface area contributed by atoms with Gasteiger partial charge in [0.2, 0.25) is 11.8 Å². The highest BCUT2D eigenvalue weighted by atomic mass is 19.1. The molecule has 2 aromatic rings. The van der Waals surface area contributed by atoms with Crippen LogP contribution in [0.1, 0.15) is 43.1 Å². The fourth-order valence-electron chi connectivity index (χ4n) is 4.41. The summed E-state index contributed by atoms with van der Waals surface area (Å²) in [6, 6.07) is 13.7. The first kappa shape index (κ1) is 21.5. The summed E-state index contributed by atoms with van der Waals surface area (Å²) in [5.74, 6) is -0.0902. The molecule has 0 aromatic heterocycles. The third-order valence-electron chi connectivity index (χ3n) is 6.06. The summed E-state index contributed by atoms with van der Waals surface area (Å²) in [7, 11) is 0. The number of benzene rings is 2. The molecule has 0 spiro atoms. The van der Waals surface area contributed by atoms with Gasteiger partial charge in [0, 0.05) is 25.9 Å². The molecule has 4 rings (SSSR count). The Hall–Kier alpha value is -2.73. The molecule has 6 heteroatoms. The number of amides is 2. The van der Waals surface area contributed by atoms with Crippen LogP contribution in [0.2, 0.25) is 0 Å². The maximum atomic E-state index is 13.6. The van der Waals surface area contributed by atoms with Gasteiger partial charge >= 0.3 is 0 Å². The van der Waals surface area contributed by atoms with Crippen molar-refractivity contribution in [3.8, 4) is 0 Å². The van der Waals surface area contributed by atoms with Gasteiger partial charge in [0.15, 0.2) is 0 Å². The summed E-state index contributed by atoms with van der Waals surface area (Å²) in [4.78, 5) is 30.2. The average molecular weight is 425 g/mol. The van der Waals surface area contributed by atoms with Gasteiger partial charge in [-0.15, -0.1) is 0 Å². The van der Waals surface area contributed by atoms with E-state index >= 15 is 0 Å². The van der Waals surface area contributed by atoms with Crippen molar-refractivity contribution >= 4 is 11.8 Å². The van der Waals surface area contributed by atoms with Crippen molar-refractivity contribution in [3.63, 3.8) is 0 Å². The van der Waals surface area contributed by atoms with Crippen molar-refractivity contribution in [2.24, 2.45) is 5.92 Å². The molecule has 2 aromatic carbocycles. The predicted octanol–water partition coefficient (Wildman–Crippen LogP) is 3.73. The molecule has 2 heterocycles. The molecule has 2 aliphatic rings. The molecule has 1 saturated heterocycles. The van der Waals surface area contributed by atoms with E-state index in [1.165, 1.54) is 12.1 Å². The molecule has 1 fully saturated rings. The van der Waals surface area contributed by atoms with Gasteiger partial charge in [-0.1, -0.05) is 50.2 Å². The van der Waals surface area contributed by atoms with E-state index in [-0.39, 0.29) is 29.7 Å². The number of fused-ring (bicyclic) bond motifs is 1. The van der Waals surface area contributed by atoms with Crippen LogP contribution in [-0.4, -0.2) is 47.4 Å². The lowest BCUT2D eigenvalue weighted by Gasteiger charge is -2.41. The van der Waals surface area contributed by atoms with Gasteiger partial charge in [0.05, 0.1) is 13.2 Å². The summed E-state index contributed by atoms with van der Waals surface area (Å²) in [5.41, 5.74) is 3.08. The van der Waals surface area contributed by atoms with E-state index in [2.05, 4.69) is 0 Å². The van der Waals surface area contributed by atoms with Crippen LogP contribution in [0, 0.1) is 11.7 Å². The maximum absolute atomic E-state index is 13.6. The van der Waals surface area contributed by atoms with Gasteiger partial charge in [0.25, 0.3) is 0 Å². The van der Waals surface area contributed by atoms with Crippen molar-refractivity contribution in [2.75, 3.05) is 19.7 Å². The van der Waals surface area contributed by atoms with Crippen LogP contribution < -0.4 is 0 Å². The number of nitrogens with zero attached hydrogens (tertiary/aromatic N) is 2. The van der Waals surface area contributed by atoms with E-state index in [1.807, 2.05) is 38.1 Å². The smallest absolute Gasteiger partial charge is 0.245 e. The van der Waals surface area contributed by atoms with Crippen molar-refractivity contribution in [1.82, 2.24) is 9.80 Å². The molecule has 0 radical (unpaired) electrons. The van der Waals surface area contributed by atoms with Crippen LogP contribution in [-0.2, 0) is 27.3 Å². The molecular formula is C25H29FN2O3. The molecule has 2 amide bonds. The summed E-state index contributed by atoms with van der Waals surface area (Å²) in [6.07, 6.45) is 0.652. The van der Waals surface area contributed by atoms with Crippen molar-refractivity contribution in [3.05, 3.63) is 71.0 Å². The minimum Gasteiger partial charge on any atom is -0.370 e. The zero-order valence-corrected chi connectivity index (χ0v) is 18.1. The number of hydrogen-bond donors (Lipinski definition) is 0. The summed E-state index contributed by atoms with van der Waals surface area (Å²) in [6.45, 7) is 5.79. The zero-order valence-electron chi connectivity index (χ0n) is 18.1. The molecule has 5 nitrogen and oxygen atoms in total. The number of carbonyl (C=O) groups excluding carboxylic acids is 2. The summed E-state index contributed by atoms with van der Waals surface area (Å²) < 4.78 is 19.1. The Morgan fingerprint density at radius 2 is 1.81 bits per heavy atom. The highest BCUT2D eigenvalue weighted by Gasteiger charge is 2.38. The van der Waals surface area contributed by atoms with Gasteiger partial charge in [-0.05, 0) is 34.7 Å². The molecule has 31 heavy (non-hydrogen) atoms. The van der Waals surface area contributed by atoms with E-state index in [0.29, 0.717) is 39.1 Å². The number of hydrogen-bond acceptors (Lipinski definition) is 3. The first-order valence-corrected chi connectivity index (χ1v) is 10.9. The minimum atomic E-state index is -0.506. The Bertz CT molecular complexity index is 944. The van der Waals surface area contributed by atoms with E-state index < -0.39 is 6.04 Å². The molecule has 2 atom stereocenters. The Morgan fingerprint density at radius 1 is 1.10 bits per heavy atom. The highest BCUT2D eigenvalue weighted by molar-refractivity contribution is 5.88. The molecule has 0 aliphatic carbocycles. The predicted molar refractivity (Wildman–Crippen MR) is 116 cm³/mol. The van der Waals surface area contributed by atoms with E-state index in [0.717, 1.165) is 16.7 Å². The van der Waals surface area contributed by atoms with Crippen LogP contribution in [0.25, 0.3) is 0 Å². The molecule has 164 valence electrons. The first-order valence-electron chi connectivity index (χ1n) is 10.9. The van der Waals surface area contributed by atoms with Gasteiger partial charge in [-0.3, -0.25) is 9.59 Å². The second kappa shape index (κ2) is 9.18. The van der Waals surface area contributed by atoms with Crippen LogP contribution >= 0.6 is 0 Å². The SMILES string of the molecule is CC(C)CC(=O)N1Cc2ccccc2CC1C(=O)N1CCOC(c2ccc(F)cc2)C1. The second-order valence-corrected chi connectivity index (χ2v) is 8.80. The summed E-state index contributed by atoms with van der Waals surface area (Å²) in [5, 5.41) is 0. The Morgan fingerprint density at radius 3 is 2.52 bits per heavy atom. The average Bonchev–Trinajstić information content (AvgIpc) is 2.78. The minimum absolute atomic E-state index is 0.0196. The fourth-order valence-corrected chi connectivity index (χ4v) is 4.41. The van der Waals surface area contributed by atoms with Crippen LogP contribution in [0.3, 0.4) is 0 Å². The quantitative estimate of drug-likeness (QED) is 0.752. The van der Waals surface area contributed by atoms with Gasteiger partial charge in [-0.25, -0.2) is 4.39 Å². The van der Waals surface area contributed by atoms with Crippen molar-refractivity contribution in [2.45, 2.75) is 45.4 Å². The lowest BCUT2D eigenvalue weighted by atomic mass is 9.92. The van der Waals surface area contributed by atoms with E-state index in [9.17, 15) is 14.0 Å². The standard InChI is InChI=1S/C25H29FN2O3/c1-17(2)13-24(29)28-15-20-6-4-3-5-19(20)14-22(28)25(30)27-11-12-31-23(16-27)18-7-9-21(26)10-8-18/h3-10,17,22-23H,11-16H2,1-2H3. The molecular weight excluding hydrogens is 395 g/mol. The van der Waals surface area contributed by atoms with Crippen molar-refractivity contribution < 1.29 is 18.7 Å². The van der Waals surface area contributed by atoms with Gasteiger partial charge in [0.1, 0.15) is 18.0 Å². The van der Waals surface area contributed by atoms with Crippen LogP contribution in [0.4, 0.5) is 4.39 Å². The maximum Gasteiger partial charge on any atom is 0.245 e. The molecule has 0 bridgehead atoms. The summed E-state index contributed by atoms with van der Waals surface area (Å²) >= 11 is 0. The van der Waals surface area contributed by atoms with E-state index in [4.69, 9.17) is 4.74 Å². The number of carbonyl (C=O) groups is 2. The monoisotopic (exact) mass is 424 g/mol. The second-order valence-electron chi connectivity index (χ2n) is 8.80. The van der Waals surface area contributed by atoms with Crippen LogP contribution in [0.15, 0.2) is 48.5 Å². The topological polar surface area (TPSA) is 49.9 Å². The van der Waals surface area contributed by atoms with Crippen molar-refractivity contribution in [1.29, 1.82) is 0 Å². The number of morpholine rings is 1. The van der Waals surface area contributed by atoms with Crippen LogP contribution in [0.5, 0.6) is 0 Å². The molecule has 0 saturated carbocycles. The largest absolute Gasteiger partial charge is 0.370 e. The number of ether oxygens (including phenoxy) is 1. The van der Waals surface area contributed by atoms with Gasteiger partial charge in [-0.2, -0.15) is 0 Å². The molecule has 0 N–H and O–H groups in total. The normalized spacial score (nSPS) is 21.2. The number of halogens is 1. The van der Waals surface area contributed by atoms with E-state index in [1.54, 1.807) is 21.9 Å². The Balaban J connectivity index is 1.55. The lowest BCUT2D eigenvalue weighted by molar-refractivity contribution is -0.152.